The summed E-state index contributed by atoms with van der Waals surface area (Å²) in [5.41, 5.74) is -1.65. The van der Waals surface area contributed by atoms with Gasteiger partial charge in [0, 0.05) is 22.8 Å². The Morgan fingerprint density at radius 3 is 2.28 bits per heavy atom. The highest BCUT2D eigenvalue weighted by Gasteiger charge is 2.67. The van der Waals surface area contributed by atoms with Gasteiger partial charge in [0.1, 0.15) is 22.8 Å². The Morgan fingerprint density at radius 1 is 0.957 bits per heavy atom. The first kappa shape index (κ1) is 31.5. The van der Waals surface area contributed by atoms with Crippen molar-refractivity contribution in [3.8, 4) is 5.75 Å². The largest absolute Gasteiger partial charge is 0.511 e. The van der Waals surface area contributed by atoms with Crippen LogP contribution in [0.4, 0.5) is 0 Å². The molecule has 6 rings (SSSR count). The summed E-state index contributed by atoms with van der Waals surface area (Å²) in [4.78, 5) is 40.5. The normalized spacial score (nSPS) is 25.9. The van der Waals surface area contributed by atoms with E-state index in [4.69, 9.17) is 0 Å². The van der Waals surface area contributed by atoms with Gasteiger partial charge in [-0.15, -0.1) is 0 Å². The molecule has 0 heterocycles. The van der Waals surface area contributed by atoms with E-state index in [1.807, 2.05) is 38.1 Å². The zero-order valence-corrected chi connectivity index (χ0v) is 27.0. The maximum Gasteiger partial charge on any atom is 0.209 e. The van der Waals surface area contributed by atoms with Gasteiger partial charge in [-0.2, -0.15) is 0 Å². The lowest BCUT2D eigenvalue weighted by Crippen LogP contribution is -2.63. The molecule has 3 aromatic carbocycles. The molecule has 3 atom stereocenters. The average Bonchev–Trinajstić information content (AvgIpc) is 2.96. The number of allylic oxidation sites excluding steroid dienone is 3. The zero-order chi connectivity index (χ0) is 33.5. The van der Waals surface area contributed by atoms with Crippen molar-refractivity contribution in [3.05, 3.63) is 111 Å². The number of carbonyl (C=O) groups excluding carboxylic acids is 3. The topological polar surface area (TPSA) is 132 Å². The van der Waals surface area contributed by atoms with Crippen molar-refractivity contribution < 1.29 is 34.8 Å². The predicted molar refractivity (Wildman–Crippen MR) is 176 cm³/mol. The van der Waals surface area contributed by atoms with Crippen molar-refractivity contribution in [3.63, 3.8) is 0 Å². The van der Waals surface area contributed by atoms with Gasteiger partial charge in [0.05, 0.1) is 5.56 Å². The van der Waals surface area contributed by atoms with Crippen molar-refractivity contribution in [2.45, 2.75) is 78.2 Å². The average molecular weight is 621 g/mol. The SMILES string of the molecule is C=C(Cc1cc(C(C)C)c2c(c1O)C(=O)C1=C(O)[C@@]3(O)C(=O)C(C(C)=O)=C(O)C[C@@]3(C)C[C@@]1(C)C2)Cc1cccc2ccccc12. The Balaban J connectivity index is 1.46. The van der Waals surface area contributed by atoms with Gasteiger partial charge in [-0.1, -0.05) is 88.4 Å². The van der Waals surface area contributed by atoms with Gasteiger partial charge in [-0.3, -0.25) is 14.4 Å². The molecular weight excluding hydrogens is 580 g/mol. The predicted octanol–water partition coefficient (Wildman–Crippen LogP) is 7.08. The molecule has 0 fully saturated rings. The molecule has 7 nitrogen and oxygen atoms in total. The Kier molecular flexibility index (Phi) is 7.21. The number of carbonyl (C=O) groups is 3. The van der Waals surface area contributed by atoms with Crippen LogP contribution in [-0.4, -0.2) is 43.4 Å². The third kappa shape index (κ3) is 4.39. The van der Waals surface area contributed by atoms with Crippen molar-refractivity contribution in [2.75, 3.05) is 0 Å². The molecule has 0 aliphatic heterocycles. The number of hydrogen-bond donors (Lipinski definition) is 4. The number of ketones is 3. The lowest BCUT2D eigenvalue weighted by molar-refractivity contribution is -0.159. The number of phenolic OH excluding ortho intramolecular Hbond substituents is 1. The van der Waals surface area contributed by atoms with Crippen LogP contribution in [0.15, 0.2) is 83.3 Å². The lowest BCUT2D eigenvalue weighted by Gasteiger charge is -2.56. The summed E-state index contributed by atoms with van der Waals surface area (Å²) < 4.78 is 0. The standard InChI is InChI=1S/C39H40O7/c1-20(2)27-16-25(15-21(3)14-24-12-9-11-23-10-7-8-13-26(23)24)33(42)31-28(27)17-37(5)19-38(6)18-29(41)30(22(4)40)35(44)39(38,46)36(45)32(37)34(31)43/h7-13,16,20,41-42,45-46H,3,14-15,17-19H2,1-2,4-6H3/t37-,38+,39+/m1/s1. The summed E-state index contributed by atoms with van der Waals surface area (Å²) in [6, 6.07) is 16.2. The minimum Gasteiger partial charge on any atom is -0.511 e. The van der Waals surface area contributed by atoms with E-state index >= 15 is 0 Å². The molecule has 3 aliphatic carbocycles. The molecule has 3 aliphatic rings. The lowest BCUT2D eigenvalue weighted by atomic mass is 9.48. The molecule has 0 bridgehead atoms. The number of fused-ring (bicyclic) bond motifs is 4. The molecule has 0 saturated heterocycles. The van der Waals surface area contributed by atoms with E-state index in [0.717, 1.165) is 34.4 Å². The number of phenols is 1. The third-order valence-corrected chi connectivity index (χ3v) is 10.5. The van der Waals surface area contributed by atoms with Crippen LogP contribution >= 0.6 is 0 Å². The molecular formula is C39H40O7. The molecule has 0 amide bonds. The fourth-order valence-corrected chi connectivity index (χ4v) is 8.51. The summed E-state index contributed by atoms with van der Waals surface area (Å²) in [6.45, 7) is 12.8. The molecule has 4 N–H and O–H groups in total. The molecule has 0 saturated carbocycles. The highest BCUT2D eigenvalue weighted by atomic mass is 16.3. The van der Waals surface area contributed by atoms with E-state index in [-0.39, 0.29) is 42.1 Å². The van der Waals surface area contributed by atoms with Crippen molar-refractivity contribution >= 4 is 28.1 Å². The van der Waals surface area contributed by atoms with Crippen LogP contribution < -0.4 is 0 Å². The van der Waals surface area contributed by atoms with E-state index in [1.165, 1.54) is 0 Å². The minimum absolute atomic E-state index is 0.00701. The highest BCUT2D eigenvalue weighted by Crippen LogP contribution is 2.62. The van der Waals surface area contributed by atoms with Gasteiger partial charge in [0.2, 0.25) is 5.78 Å². The van der Waals surface area contributed by atoms with Crippen LogP contribution in [0.25, 0.3) is 10.8 Å². The van der Waals surface area contributed by atoms with Gasteiger partial charge in [0.25, 0.3) is 0 Å². The second-order valence-electron chi connectivity index (χ2n) is 14.3. The Morgan fingerprint density at radius 2 is 1.61 bits per heavy atom. The molecule has 0 unspecified atom stereocenters. The fourth-order valence-electron chi connectivity index (χ4n) is 8.51. The molecule has 238 valence electrons. The second kappa shape index (κ2) is 10.5. The first-order valence-electron chi connectivity index (χ1n) is 15.7. The number of aromatic hydroxyl groups is 1. The first-order valence-corrected chi connectivity index (χ1v) is 15.7. The van der Waals surface area contributed by atoms with Crippen molar-refractivity contribution in [1.29, 1.82) is 0 Å². The quantitative estimate of drug-likeness (QED) is 0.171. The van der Waals surface area contributed by atoms with Crippen molar-refractivity contribution in [2.24, 2.45) is 10.8 Å². The molecule has 3 aromatic rings. The number of Topliss-reactive ketones (excluding diaryl/α,β-unsaturated/α-hetero) is 3. The van der Waals surface area contributed by atoms with Crippen LogP contribution in [0, 0.1) is 10.8 Å². The number of aliphatic hydroxyl groups is 3. The molecule has 0 aromatic heterocycles. The summed E-state index contributed by atoms with van der Waals surface area (Å²) >= 11 is 0. The van der Waals surface area contributed by atoms with E-state index in [2.05, 4.69) is 30.8 Å². The van der Waals surface area contributed by atoms with E-state index in [1.54, 1.807) is 13.8 Å². The van der Waals surface area contributed by atoms with Crippen LogP contribution in [-0.2, 0) is 28.9 Å². The summed E-state index contributed by atoms with van der Waals surface area (Å²) in [6.07, 6.45) is 0.987. The van der Waals surface area contributed by atoms with Crippen molar-refractivity contribution in [1.82, 2.24) is 0 Å². The third-order valence-electron chi connectivity index (χ3n) is 10.5. The van der Waals surface area contributed by atoms with Crippen LogP contribution in [0.5, 0.6) is 5.75 Å². The van der Waals surface area contributed by atoms with E-state index in [9.17, 15) is 34.8 Å². The maximum absolute atomic E-state index is 14.5. The number of hydrogen-bond acceptors (Lipinski definition) is 7. The Hall–Kier alpha value is -4.49. The van der Waals surface area contributed by atoms with E-state index < -0.39 is 50.9 Å². The van der Waals surface area contributed by atoms with Gasteiger partial charge in [0.15, 0.2) is 17.2 Å². The van der Waals surface area contributed by atoms with Crippen LogP contribution in [0.3, 0.4) is 0 Å². The van der Waals surface area contributed by atoms with Gasteiger partial charge >= 0.3 is 0 Å². The van der Waals surface area contributed by atoms with Gasteiger partial charge in [-0.05, 0) is 71.6 Å². The minimum atomic E-state index is -2.59. The number of benzene rings is 3. The highest BCUT2D eigenvalue weighted by molar-refractivity contribution is 6.25. The van der Waals surface area contributed by atoms with Crippen LogP contribution in [0.1, 0.15) is 86.0 Å². The Labute approximate surface area is 268 Å². The molecule has 0 radical (unpaired) electrons. The fraction of sp³-hybridized carbons (Fsp3) is 0.359. The maximum atomic E-state index is 14.5. The molecule has 7 heteroatoms. The van der Waals surface area contributed by atoms with Crippen LogP contribution in [0.2, 0.25) is 0 Å². The second-order valence-corrected chi connectivity index (χ2v) is 14.3. The van der Waals surface area contributed by atoms with Gasteiger partial charge in [-0.25, -0.2) is 0 Å². The van der Waals surface area contributed by atoms with E-state index in [0.29, 0.717) is 24.0 Å². The Bertz CT molecular complexity index is 1950. The summed E-state index contributed by atoms with van der Waals surface area (Å²) in [7, 11) is 0. The molecule has 0 spiro atoms. The smallest absolute Gasteiger partial charge is 0.209 e. The molecule has 46 heavy (non-hydrogen) atoms. The first-order chi connectivity index (χ1) is 21.5. The zero-order valence-electron chi connectivity index (χ0n) is 27.0. The number of rotatable bonds is 6. The summed E-state index contributed by atoms with van der Waals surface area (Å²) in [5, 5.41) is 48.4. The van der Waals surface area contributed by atoms with Gasteiger partial charge < -0.3 is 20.4 Å². The number of aliphatic hydroxyl groups excluding tert-OH is 2. The monoisotopic (exact) mass is 620 g/mol. The summed E-state index contributed by atoms with van der Waals surface area (Å²) in [5.74, 6) is -3.98.